The molecule has 0 unspecified atom stereocenters. The quantitative estimate of drug-likeness (QED) is 0.706. The van der Waals surface area contributed by atoms with E-state index in [0.717, 1.165) is 43.0 Å². The van der Waals surface area contributed by atoms with Crippen LogP contribution in [0.4, 0.5) is 5.69 Å². The Bertz CT molecular complexity index is 1050. The van der Waals surface area contributed by atoms with Crippen molar-refractivity contribution in [2.24, 2.45) is 0 Å². The van der Waals surface area contributed by atoms with E-state index in [0.29, 0.717) is 28.8 Å². The number of carbonyl (C=O) groups excluding carboxylic acids is 1. The summed E-state index contributed by atoms with van der Waals surface area (Å²) in [5.74, 6) is 0.527. The number of para-hydroxylation sites is 1. The van der Waals surface area contributed by atoms with Gasteiger partial charge in [-0.3, -0.25) is 9.69 Å². The molecule has 2 aromatic carbocycles. The van der Waals surface area contributed by atoms with Gasteiger partial charge in [0.05, 0.1) is 5.56 Å². The minimum Gasteiger partial charge on any atom is -0.508 e. The summed E-state index contributed by atoms with van der Waals surface area (Å²) in [7, 11) is 2.11. The summed E-state index contributed by atoms with van der Waals surface area (Å²) in [4.78, 5) is 17.8. The van der Waals surface area contributed by atoms with Crippen molar-refractivity contribution in [2.45, 2.75) is 20.4 Å². The summed E-state index contributed by atoms with van der Waals surface area (Å²) in [5.41, 5.74) is 3.63. The maximum Gasteiger partial charge on any atom is 0.259 e. The fourth-order valence-electron chi connectivity index (χ4n) is 3.93. The zero-order chi connectivity index (χ0) is 20.5. The van der Waals surface area contributed by atoms with Crippen LogP contribution in [0.25, 0.3) is 11.0 Å². The SMILES string of the molecule is Cc1ccccc1NC(=O)c1c(C)oc2ccc(O)c(CN3CCN(C)CC3)c12. The normalized spacial score (nSPS) is 15.7. The van der Waals surface area contributed by atoms with Crippen molar-refractivity contribution in [1.82, 2.24) is 9.80 Å². The fraction of sp³-hybridized carbons (Fsp3) is 0.348. The predicted octanol–water partition coefficient (Wildman–Crippen LogP) is 3.75. The number of furan rings is 1. The molecule has 1 amide bonds. The number of piperazine rings is 1. The van der Waals surface area contributed by atoms with Crippen LogP contribution in [0.3, 0.4) is 0 Å². The number of fused-ring (bicyclic) bond motifs is 1. The second-order valence-electron chi connectivity index (χ2n) is 7.82. The van der Waals surface area contributed by atoms with E-state index in [1.165, 1.54) is 0 Å². The topological polar surface area (TPSA) is 68.9 Å². The molecule has 0 aliphatic carbocycles. The number of rotatable bonds is 4. The van der Waals surface area contributed by atoms with E-state index in [1.54, 1.807) is 19.1 Å². The van der Waals surface area contributed by atoms with Gasteiger partial charge >= 0.3 is 0 Å². The number of benzene rings is 2. The van der Waals surface area contributed by atoms with Crippen LogP contribution in [-0.2, 0) is 6.54 Å². The maximum atomic E-state index is 13.2. The van der Waals surface area contributed by atoms with Gasteiger partial charge in [-0.1, -0.05) is 18.2 Å². The first-order chi connectivity index (χ1) is 13.9. The van der Waals surface area contributed by atoms with E-state index >= 15 is 0 Å². The summed E-state index contributed by atoms with van der Waals surface area (Å²) in [6.07, 6.45) is 0. The molecule has 4 rings (SSSR count). The second kappa shape index (κ2) is 7.89. The number of hydrogen-bond donors (Lipinski definition) is 2. The van der Waals surface area contributed by atoms with E-state index < -0.39 is 0 Å². The third-order valence-electron chi connectivity index (χ3n) is 5.71. The number of nitrogens with zero attached hydrogens (tertiary/aromatic N) is 2. The van der Waals surface area contributed by atoms with E-state index in [4.69, 9.17) is 4.42 Å². The molecule has 1 aliphatic heterocycles. The molecule has 1 fully saturated rings. The van der Waals surface area contributed by atoms with Crippen LogP contribution in [0.2, 0.25) is 0 Å². The highest BCUT2D eigenvalue weighted by Gasteiger charge is 2.25. The van der Waals surface area contributed by atoms with Crippen molar-refractivity contribution in [3.8, 4) is 5.75 Å². The monoisotopic (exact) mass is 393 g/mol. The van der Waals surface area contributed by atoms with Crippen molar-refractivity contribution in [1.29, 1.82) is 0 Å². The molecule has 0 spiro atoms. The van der Waals surface area contributed by atoms with Gasteiger partial charge in [0, 0.05) is 49.4 Å². The van der Waals surface area contributed by atoms with Gasteiger partial charge in [0.25, 0.3) is 5.91 Å². The number of aromatic hydroxyl groups is 1. The molecule has 152 valence electrons. The summed E-state index contributed by atoms with van der Waals surface area (Å²) in [6.45, 7) is 8.16. The van der Waals surface area contributed by atoms with Gasteiger partial charge in [0.15, 0.2) is 0 Å². The molecule has 0 saturated carbocycles. The Balaban J connectivity index is 1.72. The zero-order valence-electron chi connectivity index (χ0n) is 17.2. The second-order valence-corrected chi connectivity index (χ2v) is 7.82. The van der Waals surface area contributed by atoms with E-state index in [2.05, 4.69) is 22.2 Å². The van der Waals surface area contributed by atoms with Gasteiger partial charge in [-0.05, 0) is 44.7 Å². The molecule has 0 atom stereocenters. The lowest BCUT2D eigenvalue weighted by Crippen LogP contribution is -2.43. The van der Waals surface area contributed by atoms with Crippen LogP contribution in [0.15, 0.2) is 40.8 Å². The first-order valence-corrected chi connectivity index (χ1v) is 9.96. The maximum absolute atomic E-state index is 13.2. The van der Waals surface area contributed by atoms with Crippen molar-refractivity contribution in [2.75, 3.05) is 38.5 Å². The molecule has 2 N–H and O–H groups in total. The van der Waals surface area contributed by atoms with Crippen LogP contribution in [0.1, 0.15) is 27.2 Å². The average Bonchev–Trinajstić information content (AvgIpc) is 3.04. The molecular formula is C23H27N3O3. The lowest BCUT2D eigenvalue weighted by atomic mass is 10.0. The predicted molar refractivity (Wildman–Crippen MR) is 115 cm³/mol. The third-order valence-corrected chi connectivity index (χ3v) is 5.71. The Labute approximate surface area is 170 Å². The number of anilines is 1. The Morgan fingerprint density at radius 3 is 2.55 bits per heavy atom. The number of aryl methyl sites for hydroxylation is 2. The lowest BCUT2D eigenvalue weighted by Gasteiger charge is -2.32. The Morgan fingerprint density at radius 2 is 1.83 bits per heavy atom. The van der Waals surface area contributed by atoms with Crippen LogP contribution in [-0.4, -0.2) is 54.0 Å². The van der Waals surface area contributed by atoms with Crippen molar-refractivity contribution in [3.63, 3.8) is 0 Å². The molecule has 2 heterocycles. The molecule has 1 aliphatic rings. The zero-order valence-corrected chi connectivity index (χ0v) is 17.2. The van der Waals surface area contributed by atoms with Crippen LogP contribution in [0.5, 0.6) is 5.75 Å². The van der Waals surface area contributed by atoms with Crippen molar-refractivity contribution >= 4 is 22.6 Å². The summed E-state index contributed by atoms with van der Waals surface area (Å²) in [6, 6.07) is 11.1. The van der Waals surface area contributed by atoms with Crippen LogP contribution >= 0.6 is 0 Å². The van der Waals surface area contributed by atoms with Crippen LogP contribution in [0, 0.1) is 13.8 Å². The average molecular weight is 393 g/mol. The number of likely N-dealkylation sites (N-methyl/N-ethyl adjacent to an activating group) is 1. The largest absolute Gasteiger partial charge is 0.508 e. The minimum absolute atomic E-state index is 0.196. The lowest BCUT2D eigenvalue weighted by molar-refractivity contribution is 0.102. The van der Waals surface area contributed by atoms with Crippen molar-refractivity contribution in [3.05, 3.63) is 58.8 Å². The van der Waals surface area contributed by atoms with Gasteiger partial charge in [-0.2, -0.15) is 0 Å². The first kappa shape index (κ1) is 19.5. The molecular weight excluding hydrogens is 366 g/mol. The number of phenols is 1. The Kier molecular flexibility index (Phi) is 5.30. The molecule has 0 bridgehead atoms. The van der Waals surface area contributed by atoms with Crippen molar-refractivity contribution < 1.29 is 14.3 Å². The molecule has 3 aromatic rings. The standard InChI is InChI=1S/C23H27N3O3/c1-15-6-4-5-7-18(15)24-23(28)21-16(2)29-20-9-8-19(27)17(22(20)21)14-26-12-10-25(3)11-13-26/h4-9,27H,10-14H2,1-3H3,(H,24,28). The fourth-order valence-corrected chi connectivity index (χ4v) is 3.93. The number of carbonyl (C=O) groups is 1. The third kappa shape index (κ3) is 3.86. The Morgan fingerprint density at radius 1 is 1.10 bits per heavy atom. The molecule has 6 heteroatoms. The highest BCUT2D eigenvalue weighted by Crippen LogP contribution is 2.35. The van der Waals surface area contributed by atoms with Crippen LogP contribution < -0.4 is 5.32 Å². The first-order valence-electron chi connectivity index (χ1n) is 9.96. The van der Waals surface area contributed by atoms with Gasteiger partial charge in [-0.15, -0.1) is 0 Å². The highest BCUT2D eigenvalue weighted by atomic mass is 16.3. The van der Waals surface area contributed by atoms with Gasteiger partial charge < -0.3 is 19.7 Å². The minimum atomic E-state index is -0.222. The molecule has 1 saturated heterocycles. The molecule has 29 heavy (non-hydrogen) atoms. The smallest absolute Gasteiger partial charge is 0.259 e. The number of amides is 1. The highest BCUT2D eigenvalue weighted by molar-refractivity contribution is 6.14. The molecule has 6 nitrogen and oxygen atoms in total. The number of nitrogens with one attached hydrogen (secondary N) is 1. The van der Waals surface area contributed by atoms with Gasteiger partial charge in [0.1, 0.15) is 17.1 Å². The summed E-state index contributed by atoms with van der Waals surface area (Å²) in [5, 5.41) is 14.3. The number of hydrogen-bond acceptors (Lipinski definition) is 5. The van der Waals surface area contributed by atoms with E-state index in [9.17, 15) is 9.90 Å². The molecule has 1 aromatic heterocycles. The summed E-state index contributed by atoms with van der Waals surface area (Å²) < 4.78 is 5.89. The molecule has 0 radical (unpaired) electrons. The van der Waals surface area contributed by atoms with E-state index in [-0.39, 0.29) is 11.7 Å². The number of phenolic OH excluding ortho intramolecular Hbond substituents is 1. The van der Waals surface area contributed by atoms with E-state index in [1.807, 2.05) is 31.2 Å². The summed E-state index contributed by atoms with van der Waals surface area (Å²) >= 11 is 0. The van der Waals surface area contributed by atoms with Gasteiger partial charge in [0.2, 0.25) is 0 Å². The van der Waals surface area contributed by atoms with Gasteiger partial charge in [-0.25, -0.2) is 0 Å². The Hall–Kier alpha value is -2.83.